The standard InChI is InChI=1S/C48H98NO6P/c1-40-18-12-20-42(3)24-16-28-46(7)32-35-52-38-48(39-55-56(50,51)54-37-34-49(9,10)11)53-36-33-47(8)29-17-25-43(4)21-13-19-41(2)23-15-27-45(6)31-30-44(5)26-14-22-40/h40-48H,12-39H2,1-11H3/t40-,41-,42+,43+,44?,45-,46+,47+,48?/m0/s1. The van der Waals surface area contributed by atoms with Crippen molar-refractivity contribution in [2.24, 2.45) is 47.3 Å². The van der Waals surface area contributed by atoms with Gasteiger partial charge < -0.3 is 27.9 Å². The highest BCUT2D eigenvalue weighted by molar-refractivity contribution is 7.45. The van der Waals surface area contributed by atoms with Crippen molar-refractivity contribution in [3.05, 3.63) is 0 Å². The minimum Gasteiger partial charge on any atom is -0.756 e. The first-order chi connectivity index (χ1) is 26.4. The third kappa shape index (κ3) is 32.8. The second kappa shape index (κ2) is 31.8. The van der Waals surface area contributed by atoms with E-state index in [2.05, 4.69) is 55.4 Å². The van der Waals surface area contributed by atoms with Crippen LogP contribution in [0.5, 0.6) is 0 Å². The number of hydrogen-bond donors (Lipinski definition) is 0. The Bertz CT molecular complexity index is 960. The van der Waals surface area contributed by atoms with Crippen LogP contribution in [0.2, 0.25) is 0 Å². The van der Waals surface area contributed by atoms with Gasteiger partial charge in [-0.2, -0.15) is 0 Å². The fourth-order valence-corrected chi connectivity index (χ4v) is 9.06. The summed E-state index contributed by atoms with van der Waals surface area (Å²) in [5.74, 6) is 6.18. The van der Waals surface area contributed by atoms with Crippen molar-refractivity contribution < 1.29 is 32.5 Å². The molecule has 336 valence electrons. The van der Waals surface area contributed by atoms with Crippen LogP contribution < -0.4 is 4.89 Å². The molecule has 3 unspecified atom stereocenters. The maximum atomic E-state index is 12.5. The van der Waals surface area contributed by atoms with Crippen LogP contribution in [-0.4, -0.2) is 71.3 Å². The topological polar surface area (TPSA) is 77.1 Å². The predicted octanol–water partition coefficient (Wildman–Crippen LogP) is 13.3. The van der Waals surface area contributed by atoms with Gasteiger partial charge in [0, 0.05) is 13.2 Å². The van der Waals surface area contributed by atoms with Crippen LogP contribution in [0, 0.1) is 47.3 Å². The van der Waals surface area contributed by atoms with Crippen molar-refractivity contribution in [3.8, 4) is 0 Å². The van der Waals surface area contributed by atoms with Gasteiger partial charge in [0.15, 0.2) is 0 Å². The van der Waals surface area contributed by atoms with E-state index in [0.717, 1.165) is 48.3 Å². The van der Waals surface area contributed by atoms with Gasteiger partial charge in [0.25, 0.3) is 7.82 Å². The van der Waals surface area contributed by atoms with E-state index in [-0.39, 0.29) is 13.2 Å². The van der Waals surface area contributed by atoms with Crippen molar-refractivity contribution in [1.29, 1.82) is 0 Å². The number of nitrogens with zero attached hydrogens (tertiary/aromatic N) is 1. The molecule has 1 fully saturated rings. The summed E-state index contributed by atoms with van der Waals surface area (Å²) in [4.78, 5) is 12.5. The monoisotopic (exact) mass is 816 g/mol. The average molecular weight is 816 g/mol. The van der Waals surface area contributed by atoms with Crippen molar-refractivity contribution >= 4 is 7.82 Å². The van der Waals surface area contributed by atoms with E-state index in [1.54, 1.807) is 0 Å². The Kier molecular flexibility index (Phi) is 30.7. The van der Waals surface area contributed by atoms with Gasteiger partial charge in [0.2, 0.25) is 0 Å². The van der Waals surface area contributed by atoms with Gasteiger partial charge in [-0.05, 0) is 60.2 Å². The Morgan fingerprint density at radius 2 is 0.821 bits per heavy atom. The van der Waals surface area contributed by atoms with Gasteiger partial charge in [-0.1, -0.05) is 184 Å². The lowest BCUT2D eigenvalue weighted by Gasteiger charge is -2.28. The lowest BCUT2D eigenvalue weighted by atomic mass is 9.88. The quantitative estimate of drug-likeness (QED) is 0.188. The Morgan fingerprint density at radius 1 is 0.500 bits per heavy atom. The normalized spacial score (nSPS) is 33.2. The Morgan fingerprint density at radius 3 is 1.18 bits per heavy atom. The molecule has 0 aromatic rings. The van der Waals surface area contributed by atoms with Crippen LogP contribution in [0.3, 0.4) is 0 Å². The third-order valence-corrected chi connectivity index (χ3v) is 13.9. The highest BCUT2D eigenvalue weighted by Gasteiger charge is 2.19. The van der Waals surface area contributed by atoms with Crippen molar-refractivity contribution in [1.82, 2.24) is 0 Å². The molecule has 0 N–H and O–H groups in total. The molecule has 10 atom stereocenters. The molecular formula is C48H98NO6P. The highest BCUT2D eigenvalue weighted by Crippen LogP contribution is 2.38. The number of quaternary nitrogens is 1. The molecule has 1 aliphatic heterocycles. The molecule has 0 aromatic heterocycles. The number of phosphoric acid groups is 1. The van der Waals surface area contributed by atoms with Crippen molar-refractivity contribution in [2.45, 2.75) is 203 Å². The van der Waals surface area contributed by atoms with Crippen molar-refractivity contribution in [3.63, 3.8) is 0 Å². The fraction of sp³-hybridized carbons (Fsp3) is 1.00. The molecule has 8 heteroatoms. The molecule has 1 rings (SSSR count). The van der Waals surface area contributed by atoms with E-state index in [1.807, 2.05) is 21.1 Å². The summed E-state index contributed by atoms with van der Waals surface area (Å²) in [5.41, 5.74) is 0. The number of hydrogen-bond acceptors (Lipinski definition) is 6. The Hall–Kier alpha value is -0.0100. The van der Waals surface area contributed by atoms with Crippen LogP contribution >= 0.6 is 7.82 Å². The molecular weight excluding hydrogens is 718 g/mol. The van der Waals surface area contributed by atoms with Gasteiger partial charge in [-0.15, -0.1) is 0 Å². The molecule has 1 saturated heterocycles. The number of rotatable bonds is 7. The largest absolute Gasteiger partial charge is 0.756 e. The molecule has 56 heavy (non-hydrogen) atoms. The molecule has 0 aromatic carbocycles. The molecule has 0 aliphatic carbocycles. The molecule has 0 saturated carbocycles. The van der Waals surface area contributed by atoms with Crippen LogP contribution in [0.4, 0.5) is 0 Å². The number of ether oxygens (including phenoxy) is 2. The maximum Gasteiger partial charge on any atom is 0.268 e. The van der Waals surface area contributed by atoms with Crippen LogP contribution in [0.15, 0.2) is 0 Å². The molecule has 0 bridgehead atoms. The fourth-order valence-electron chi connectivity index (χ4n) is 8.33. The summed E-state index contributed by atoms with van der Waals surface area (Å²) in [6, 6.07) is 0. The Labute approximate surface area is 350 Å². The summed E-state index contributed by atoms with van der Waals surface area (Å²) in [6.45, 7) is 21.6. The molecule has 0 amide bonds. The first-order valence-electron chi connectivity index (χ1n) is 24.0. The van der Waals surface area contributed by atoms with E-state index in [1.165, 1.54) is 128 Å². The van der Waals surface area contributed by atoms with Gasteiger partial charge in [0.05, 0.1) is 34.4 Å². The third-order valence-electron chi connectivity index (χ3n) is 13.0. The number of likely N-dealkylation sites (N-methyl/N-ethyl adjacent to an activating group) is 1. The minimum atomic E-state index is -4.42. The minimum absolute atomic E-state index is 0.0831. The van der Waals surface area contributed by atoms with E-state index in [0.29, 0.717) is 42.7 Å². The molecule has 1 aliphatic rings. The van der Waals surface area contributed by atoms with E-state index >= 15 is 0 Å². The van der Waals surface area contributed by atoms with E-state index in [9.17, 15) is 9.46 Å². The lowest BCUT2D eigenvalue weighted by Crippen LogP contribution is -2.37. The maximum absolute atomic E-state index is 12.5. The van der Waals surface area contributed by atoms with Gasteiger partial charge in [-0.25, -0.2) is 0 Å². The SMILES string of the molecule is CC1CCC[C@@H](C)CCC[C@@H](C)CCC[C@@H](C)CCOCC(COP(=O)([O-])OCC[N+](C)(C)C)OCC[C@H](C)CCC[C@H](C)CCC[C@H](C)CCC[C@H](C)CC1. The Balaban J connectivity index is 2.68. The molecule has 0 radical (unpaired) electrons. The number of phosphoric ester groups is 1. The van der Waals surface area contributed by atoms with Gasteiger partial charge in [0.1, 0.15) is 19.3 Å². The van der Waals surface area contributed by atoms with Gasteiger partial charge in [-0.3, -0.25) is 4.57 Å². The summed E-state index contributed by atoms with van der Waals surface area (Å²) in [5, 5.41) is 0. The summed E-state index contributed by atoms with van der Waals surface area (Å²) in [6.07, 6.45) is 28.5. The summed E-state index contributed by atoms with van der Waals surface area (Å²) in [7, 11) is 1.59. The van der Waals surface area contributed by atoms with Crippen molar-refractivity contribution in [2.75, 3.05) is 60.7 Å². The summed E-state index contributed by atoms with van der Waals surface area (Å²) >= 11 is 0. The zero-order chi connectivity index (χ0) is 41.8. The average Bonchev–Trinajstić information content (AvgIpc) is 3.10. The first-order valence-corrected chi connectivity index (χ1v) is 25.5. The van der Waals surface area contributed by atoms with Crippen LogP contribution in [0.25, 0.3) is 0 Å². The zero-order valence-corrected chi connectivity index (χ0v) is 40.2. The second-order valence-corrected chi connectivity index (χ2v) is 22.2. The first kappa shape index (κ1) is 54.0. The van der Waals surface area contributed by atoms with Crippen LogP contribution in [0.1, 0.15) is 197 Å². The van der Waals surface area contributed by atoms with E-state index < -0.39 is 13.9 Å². The van der Waals surface area contributed by atoms with E-state index in [4.69, 9.17) is 18.5 Å². The predicted molar refractivity (Wildman–Crippen MR) is 238 cm³/mol. The molecule has 7 nitrogen and oxygen atoms in total. The molecule has 0 spiro atoms. The highest BCUT2D eigenvalue weighted by atomic mass is 31.2. The molecule has 1 heterocycles. The lowest BCUT2D eigenvalue weighted by molar-refractivity contribution is -0.870. The van der Waals surface area contributed by atoms with Gasteiger partial charge >= 0.3 is 0 Å². The zero-order valence-electron chi connectivity index (χ0n) is 39.3. The smallest absolute Gasteiger partial charge is 0.268 e. The summed E-state index contributed by atoms with van der Waals surface area (Å²) < 4.78 is 35.9. The van der Waals surface area contributed by atoms with Crippen LogP contribution in [-0.2, 0) is 23.1 Å². The second-order valence-electron chi connectivity index (χ2n) is 20.7.